The van der Waals surface area contributed by atoms with Crippen LogP contribution in [0.2, 0.25) is 5.02 Å². The SMILES string of the molecule is O=C(O)c1cn(C2CC2)c2c(Cl)c(N3CCCN(C(=O)C(F)(F)F)CC3)c(F)cc2c1=O. The summed E-state index contributed by atoms with van der Waals surface area (Å²) in [6, 6.07) is 0.837. The van der Waals surface area contributed by atoms with Crippen LogP contribution in [0.1, 0.15) is 35.7 Å². The Morgan fingerprint density at radius 2 is 1.81 bits per heavy atom. The number of pyridine rings is 1. The molecule has 1 N–H and O–H groups in total. The smallest absolute Gasteiger partial charge is 0.471 e. The van der Waals surface area contributed by atoms with Crippen molar-refractivity contribution in [3.8, 4) is 0 Å². The summed E-state index contributed by atoms with van der Waals surface area (Å²) in [6.45, 7) is -0.370. The third kappa shape index (κ3) is 3.89. The largest absolute Gasteiger partial charge is 0.477 e. The van der Waals surface area contributed by atoms with Crippen molar-refractivity contribution in [1.29, 1.82) is 0 Å². The second-order valence-corrected chi connectivity index (χ2v) is 8.24. The Labute approximate surface area is 183 Å². The number of hydrogen-bond acceptors (Lipinski definition) is 4. The summed E-state index contributed by atoms with van der Waals surface area (Å²) in [5, 5.41) is 9.06. The fourth-order valence-electron chi connectivity index (χ4n) is 4.04. The molecule has 0 spiro atoms. The molecule has 172 valence electrons. The number of rotatable bonds is 3. The number of nitrogens with zero attached hydrogens (tertiary/aromatic N) is 3. The first kappa shape index (κ1) is 22.4. The third-order valence-electron chi connectivity index (χ3n) is 5.70. The number of halogens is 5. The maximum Gasteiger partial charge on any atom is 0.471 e. The molecular formula is C20H18ClF4N3O4. The van der Waals surface area contributed by atoms with E-state index in [0.29, 0.717) is 4.90 Å². The Bertz CT molecular complexity index is 1180. The second-order valence-electron chi connectivity index (χ2n) is 7.86. The van der Waals surface area contributed by atoms with E-state index in [1.807, 2.05) is 0 Å². The molecule has 0 radical (unpaired) electrons. The Morgan fingerprint density at radius 3 is 2.41 bits per heavy atom. The van der Waals surface area contributed by atoms with Gasteiger partial charge in [-0.2, -0.15) is 13.2 Å². The Hall–Kier alpha value is -2.82. The number of amides is 1. The second kappa shape index (κ2) is 7.95. The van der Waals surface area contributed by atoms with Gasteiger partial charge in [0.2, 0.25) is 5.43 Å². The molecule has 4 rings (SSSR count). The van der Waals surface area contributed by atoms with Gasteiger partial charge in [-0.15, -0.1) is 0 Å². The van der Waals surface area contributed by atoms with Crippen LogP contribution >= 0.6 is 11.6 Å². The lowest BCUT2D eigenvalue weighted by Crippen LogP contribution is -2.43. The third-order valence-corrected chi connectivity index (χ3v) is 6.05. The van der Waals surface area contributed by atoms with Crippen LogP contribution in [-0.2, 0) is 4.79 Å². The first-order chi connectivity index (χ1) is 15.0. The van der Waals surface area contributed by atoms with E-state index in [-0.39, 0.29) is 60.3 Å². The van der Waals surface area contributed by atoms with Gasteiger partial charge in [0.25, 0.3) is 0 Å². The van der Waals surface area contributed by atoms with Crippen molar-refractivity contribution < 1.29 is 32.3 Å². The maximum atomic E-state index is 15.1. The molecular weight excluding hydrogens is 458 g/mol. The molecule has 1 aliphatic heterocycles. The van der Waals surface area contributed by atoms with Gasteiger partial charge < -0.3 is 19.5 Å². The van der Waals surface area contributed by atoms with Crippen molar-refractivity contribution >= 4 is 40.1 Å². The van der Waals surface area contributed by atoms with Crippen LogP contribution in [0, 0.1) is 5.82 Å². The van der Waals surface area contributed by atoms with Crippen LogP contribution in [-0.4, -0.2) is 58.8 Å². The number of aromatic nitrogens is 1. The molecule has 1 aromatic carbocycles. The summed E-state index contributed by atoms with van der Waals surface area (Å²) in [5.41, 5.74) is -1.26. The standard InChI is InChI=1S/C20H18ClF4N3O4/c21-14-15-11(17(29)12(18(30)31)9-28(15)10-2-3-10)8-13(22)16(14)26-4-1-5-27(7-6-26)19(32)20(23,24)25/h8-10H,1-7H2,(H,30,31). The number of fused-ring (bicyclic) bond motifs is 1. The number of carboxylic acid groups (broad SMARTS) is 1. The predicted octanol–water partition coefficient (Wildman–Crippen LogP) is 3.43. The zero-order valence-electron chi connectivity index (χ0n) is 16.6. The van der Waals surface area contributed by atoms with Crippen LogP contribution in [0.15, 0.2) is 17.1 Å². The van der Waals surface area contributed by atoms with Gasteiger partial charge in [0.1, 0.15) is 11.4 Å². The molecule has 2 fully saturated rings. The number of benzene rings is 1. The van der Waals surface area contributed by atoms with E-state index in [1.165, 1.54) is 11.1 Å². The van der Waals surface area contributed by atoms with Crippen LogP contribution < -0.4 is 10.3 Å². The summed E-state index contributed by atoms with van der Waals surface area (Å²) in [6.07, 6.45) is -2.17. The van der Waals surface area contributed by atoms with Crippen molar-refractivity contribution in [2.24, 2.45) is 0 Å². The maximum absolute atomic E-state index is 15.1. The number of aromatic carboxylic acids is 1. The lowest BCUT2D eigenvalue weighted by Gasteiger charge is -2.26. The van der Waals surface area contributed by atoms with Gasteiger partial charge in [-0.25, -0.2) is 9.18 Å². The molecule has 1 saturated heterocycles. The molecule has 0 atom stereocenters. The fraction of sp³-hybridized carbons (Fsp3) is 0.450. The van der Waals surface area contributed by atoms with Crippen molar-refractivity contribution in [2.75, 3.05) is 31.1 Å². The normalized spacial score (nSPS) is 17.5. The van der Waals surface area contributed by atoms with Crippen LogP contribution in [0.25, 0.3) is 10.9 Å². The fourth-order valence-corrected chi connectivity index (χ4v) is 4.45. The molecule has 0 bridgehead atoms. The minimum Gasteiger partial charge on any atom is -0.477 e. The minimum absolute atomic E-state index is 0.0858. The molecule has 32 heavy (non-hydrogen) atoms. The first-order valence-electron chi connectivity index (χ1n) is 9.92. The average Bonchev–Trinajstić information content (AvgIpc) is 3.54. The average molecular weight is 476 g/mol. The van der Waals surface area contributed by atoms with Gasteiger partial charge in [0.15, 0.2) is 0 Å². The number of anilines is 1. The lowest BCUT2D eigenvalue weighted by atomic mass is 10.1. The van der Waals surface area contributed by atoms with Crippen LogP contribution in [0.3, 0.4) is 0 Å². The summed E-state index contributed by atoms with van der Waals surface area (Å²) in [4.78, 5) is 37.8. The number of carboxylic acids is 1. The van der Waals surface area contributed by atoms with Gasteiger partial charge in [-0.05, 0) is 25.3 Å². The highest BCUT2D eigenvalue weighted by atomic mass is 35.5. The van der Waals surface area contributed by atoms with Gasteiger partial charge in [0.05, 0.1) is 21.6 Å². The zero-order chi connectivity index (χ0) is 23.4. The van der Waals surface area contributed by atoms with Crippen molar-refractivity contribution in [2.45, 2.75) is 31.5 Å². The summed E-state index contributed by atoms with van der Waals surface area (Å²) >= 11 is 6.54. The first-order valence-corrected chi connectivity index (χ1v) is 10.3. The van der Waals surface area contributed by atoms with Gasteiger partial charge in [-0.1, -0.05) is 11.6 Å². The highest BCUT2D eigenvalue weighted by molar-refractivity contribution is 6.38. The highest BCUT2D eigenvalue weighted by Crippen LogP contribution is 2.42. The van der Waals surface area contributed by atoms with Crippen LogP contribution in [0.4, 0.5) is 23.2 Å². The molecule has 0 unspecified atom stereocenters. The lowest BCUT2D eigenvalue weighted by molar-refractivity contribution is -0.185. The van der Waals surface area contributed by atoms with Gasteiger partial charge in [0, 0.05) is 38.4 Å². The summed E-state index contributed by atoms with van der Waals surface area (Å²) in [7, 11) is 0. The van der Waals surface area contributed by atoms with E-state index in [1.54, 1.807) is 4.57 Å². The van der Waals surface area contributed by atoms with Gasteiger partial charge >= 0.3 is 18.1 Å². The van der Waals surface area contributed by atoms with E-state index >= 15 is 4.39 Å². The van der Waals surface area contributed by atoms with Gasteiger partial charge in [-0.3, -0.25) is 9.59 Å². The Balaban J connectivity index is 1.78. The summed E-state index contributed by atoms with van der Waals surface area (Å²) in [5.74, 6) is -4.28. The number of alkyl halides is 3. The number of hydrogen-bond donors (Lipinski definition) is 1. The van der Waals surface area contributed by atoms with E-state index in [4.69, 9.17) is 11.6 Å². The molecule has 1 saturated carbocycles. The predicted molar refractivity (Wildman–Crippen MR) is 108 cm³/mol. The molecule has 2 heterocycles. The molecule has 2 aliphatic rings. The molecule has 12 heteroatoms. The monoisotopic (exact) mass is 475 g/mol. The Morgan fingerprint density at radius 1 is 1.12 bits per heavy atom. The Kier molecular flexibility index (Phi) is 5.56. The number of carbonyl (C=O) groups excluding carboxylic acids is 1. The van der Waals surface area contributed by atoms with E-state index < -0.39 is 34.9 Å². The number of carbonyl (C=O) groups is 2. The van der Waals surface area contributed by atoms with Crippen molar-refractivity contribution in [3.05, 3.63) is 38.9 Å². The zero-order valence-corrected chi connectivity index (χ0v) is 17.3. The molecule has 1 aromatic heterocycles. The molecule has 1 aliphatic carbocycles. The molecule has 1 amide bonds. The minimum atomic E-state index is -5.00. The van der Waals surface area contributed by atoms with Crippen LogP contribution in [0.5, 0.6) is 0 Å². The quantitative estimate of drug-likeness (QED) is 0.688. The van der Waals surface area contributed by atoms with E-state index in [9.17, 15) is 32.7 Å². The highest BCUT2D eigenvalue weighted by Gasteiger charge is 2.43. The van der Waals surface area contributed by atoms with E-state index in [2.05, 4.69) is 0 Å². The summed E-state index contributed by atoms with van der Waals surface area (Å²) < 4.78 is 55.0. The van der Waals surface area contributed by atoms with E-state index in [0.717, 1.165) is 18.9 Å². The van der Waals surface area contributed by atoms with Crippen molar-refractivity contribution in [3.63, 3.8) is 0 Å². The van der Waals surface area contributed by atoms with Crippen molar-refractivity contribution in [1.82, 2.24) is 9.47 Å². The topological polar surface area (TPSA) is 82.8 Å². The molecule has 7 nitrogen and oxygen atoms in total. The molecule has 2 aromatic rings.